The third kappa shape index (κ3) is 2.41. The third-order valence-corrected chi connectivity index (χ3v) is 2.24. The fourth-order valence-corrected chi connectivity index (χ4v) is 1.52. The Morgan fingerprint density at radius 2 is 2.25 bits per heavy atom. The van der Waals surface area contributed by atoms with Crippen LogP contribution in [0.25, 0.3) is 11.3 Å². The number of aromatic nitrogens is 1. The minimum atomic E-state index is -0.950. The van der Waals surface area contributed by atoms with Gasteiger partial charge in [-0.3, -0.25) is 4.79 Å². The molecule has 16 heavy (non-hydrogen) atoms. The first-order chi connectivity index (χ1) is 7.65. The number of aliphatic carboxylic acids is 1. The van der Waals surface area contributed by atoms with Gasteiger partial charge in [-0.15, -0.1) is 0 Å². The summed E-state index contributed by atoms with van der Waals surface area (Å²) < 4.78 is 4.90. The van der Waals surface area contributed by atoms with Crippen molar-refractivity contribution in [2.24, 2.45) is 0 Å². The lowest BCUT2D eigenvalue weighted by molar-refractivity contribution is -0.136. The summed E-state index contributed by atoms with van der Waals surface area (Å²) in [6.07, 6.45) is -0.173. The van der Waals surface area contributed by atoms with Crippen molar-refractivity contribution in [1.82, 2.24) is 5.16 Å². The Morgan fingerprint density at radius 1 is 1.44 bits per heavy atom. The van der Waals surface area contributed by atoms with Crippen LogP contribution in [0.1, 0.15) is 5.76 Å². The first-order valence-corrected chi connectivity index (χ1v) is 4.96. The fraction of sp³-hybridized carbons (Fsp3) is 0.0909. The SMILES string of the molecule is O=C(O)Cc1cc(-c2cccc(Cl)c2)no1. The summed E-state index contributed by atoms with van der Waals surface area (Å²) in [4.78, 5) is 10.5. The lowest BCUT2D eigenvalue weighted by Crippen LogP contribution is -1.97. The number of hydrogen-bond donors (Lipinski definition) is 1. The molecule has 1 aromatic heterocycles. The van der Waals surface area contributed by atoms with Crippen molar-refractivity contribution in [1.29, 1.82) is 0 Å². The van der Waals surface area contributed by atoms with Crippen molar-refractivity contribution in [3.63, 3.8) is 0 Å². The van der Waals surface area contributed by atoms with Crippen molar-refractivity contribution in [2.45, 2.75) is 6.42 Å². The molecule has 0 atom stereocenters. The van der Waals surface area contributed by atoms with Crippen LogP contribution in [0.5, 0.6) is 0 Å². The van der Waals surface area contributed by atoms with E-state index in [0.29, 0.717) is 16.5 Å². The molecule has 0 aliphatic heterocycles. The number of benzene rings is 1. The second-order valence-corrected chi connectivity index (χ2v) is 3.70. The number of nitrogens with zero attached hydrogens (tertiary/aromatic N) is 1. The van der Waals surface area contributed by atoms with Gasteiger partial charge in [0.05, 0.1) is 0 Å². The van der Waals surface area contributed by atoms with Crippen LogP contribution in [-0.4, -0.2) is 16.2 Å². The van der Waals surface area contributed by atoms with Crippen molar-refractivity contribution < 1.29 is 14.4 Å². The highest BCUT2D eigenvalue weighted by Gasteiger charge is 2.09. The molecule has 2 aromatic rings. The summed E-state index contributed by atoms with van der Waals surface area (Å²) in [5.74, 6) is -0.628. The molecule has 0 aliphatic rings. The van der Waals surface area contributed by atoms with Gasteiger partial charge >= 0.3 is 5.97 Å². The van der Waals surface area contributed by atoms with Crippen molar-refractivity contribution >= 4 is 17.6 Å². The van der Waals surface area contributed by atoms with Crippen LogP contribution in [0.15, 0.2) is 34.9 Å². The molecule has 82 valence electrons. The molecule has 0 bridgehead atoms. The summed E-state index contributed by atoms with van der Waals surface area (Å²) in [7, 11) is 0. The van der Waals surface area contributed by atoms with Gasteiger partial charge in [-0.2, -0.15) is 0 Å². The molecule has 0 saturated carbocycles. The summed E-state index contributed by atoms with van der Waals surface area (Å²) in [5, 5.41) is 13.0. The molecule has 4 nitrogen and oxygen atoms in total. The molecule has 2 rings (SSSR count). The highest BCUT2D eigenvalue weighted by atomic mass is 35.5. The highest BCUT2D eigenvalue weighted by Crippen LogP contribution is 2.22. The molecule has 0 spiro atoms. The zero-order chi connectivity index (χ0) is 11.5. The van der Waals surface area contributed by atoms with Crippen LogP contribution in [0.3, 0.4) is 0 Å². The highest BCUT2D eigenvalue weighted by molar-refractivity contribution is 6.30. The van der Waals surface area contributed by atoms with Gasteiger partial charge in [0.1, 0.15) is 17.9 Å². The van der Waals surface area contributed by atoms with Gasteiger partial charge in [0.2, 0.25) is 0 Å². The number of rotatable bonds is 3. The molecule has 0 saturated heterocycles. The predicted molar refractivity (Wildman–Crippen MR) is 58.3 cm³/mol. The van der Waals surface area contributed by atoms with Gasteiger partial charge in [-0.25, -0.2) is 0 Å². The number of carbonyl (C=O) groups is 1. The van der Waals surface area contributed by atoms with Gasteiger partial charge in [0.25, 0.3) is 0 Å². The Kier molecular flexibility index (Phi) is 2.92. The molecule has 0 fully saturated rings. The normalized spacial score (nSPS) is 10.3. The van der Waals surface area contributed by atoms with Gasteiger partial charge in [0.15, 0.2) is 0 Å². The third-order valence-electron chi connectivity index (χ3n) is 2.00. The van der Waals surface area contributed by atoms with Crippen LogP contribution in [0.2, 0.25) is 5.02 Å². The fourth-order valence-electron chi connectivity index (χ4n) is 1.33. The molecule has 0 radical (unpaired) electrons. The summed E-state index contributed by atoms with van der Waals surface area (Å²) in [6.45, 7) is 0. The molecule has 1 N–H and O–H groups in total. The van der Waals surface area contributed by atoms with Crippen molar-refractivity contribution in [3.05, 3.63) is 41.1 Å². The van der Waals surface area contributed by atoms with Crippen LogP contribution in [0, 0.1) is 0 Å². The Morgan fingerprint density at radius 3 is 2.94 bits per heavy atom. The Balaban J connectivity index is 2.28. The number of carboxylic acids is 1. The van der Waals surface area contributed by atoms with Crippen LogP contribution in [0.4, 0.5) is 0 Å². The van der Waals surface area contributed by atoms with Gasteiger partial charge in [-0.05, 0) is 12.1 Å². The number of hydrogen-bond acceptors (Lipinski definition) is 3. The lowest BCUT2D eigenvalue weighted by atomic mass is 10.1. The maximum atomic E-state index is 10.5. The van der Waals surface area contributed by atoms with Crippen LogP contribution < -0.4 is 0 Å². The molecule has 1 aromatic carbocycles. The van der Waals surface area contributed by atoms with Crippen LogP contribution in [-0.2, 0) is 11.2 Å². The van der Waals surface area contributed by atoms with E-state index >= 15 is 0 Å². The Bertz CT molecular complexity index is 521. The maximum absolute atomic E-state index is 10.5. The predicted octanol–water partition coefficient (Wildman–Crippen LogP) is 2.62. The summed E-state index contributed by atoms with van der Waals surface area (Å²) >= 11 is 5.83. The quantitative estimate of drug-likeness (QED) is 0.891. The average molecular weight is 238 g/mol. The van der Waals surface area contributed by atoms with Crippen LogP contribution >= 0.6 is 11.6 Å². The Labute approximate surface area is 96.4 Å². The van der Waals surface area contributed by atoms with E-state index in [9.17, 15) is 4.79 Å². The van der Waals surface area contributed by atoms with E-state index < -0.39 is 5.97 Å². The van der Waals surface area contributed by atoms with E-state index in [-0.39, 0.29) is 6.42 Å². The molecule has 0 aliphatic carbocycles. The van der Waals surface area contributed by atoms with E-state index in [1.165, 1.54) is 0 Å². The minimum Gasteiger partial charge on any atom is -0.481 e. The molecule has 1 heterocycles. The van der Waals surface area contributed by atoms with E-state index in [0.717, 1.165) is 5.56 Å². The topological polar surface area (TPSA) is 63.3 Å². The molecule has 0 amide bonds. The van der Waals surface area contributed by atoms with E-state index in [1.807, 2.05) is 6.07 Å². The zero-order valence-corrected chi connectivity index (χ0v) is 8.94. The first-order valence-electron chi connectivity index (χ1n) is 4.58. The molecular formula is C11H8ClNO3. The summed E-state index contributed by atoms with van der Waals surface area (Å²) in [5.41, 5.74) is 1.38. The van der Waals surface area contributed by atoms with E-state index in [1.54, 1.807) is 24.3 Å². The minimum absolute atomic E-state index is 0.173. The van der Waals surface area contributed by atoms with Crippen molar-refractivity contribution in [3.8, 4) is 11.3 Å². The summed E-state index contributed by atoms with van der Waals surface area (Å²) in [6, 6.07) is 8.71. The number of halogens is 1. The van der Waals surface area contributed by atoms with E-state index in [2.05, 4.69) is 5.16 Å². The Hall–Kier alpha value is -1.81. The monoisotopic (exact) mass is 237 g/mol. The first kappa shape index (κ1) is 10.7. The van der Waals surface area contributed by atoms with Gasteiger partial charge < -0.3 is 9.63 Å². The molecule has 0 unspecified atom stereocenters. The second-order valence-electron chi connectivity index (χ2n) is 3.26. The standard InChI is InChI=1S/C11H8ClNO3/c12-8-3-1-2-7(4-8)10-5-9(16-13-10)6-11(14)15/h1-5H,6H2,(H,14,15). The molecule has 5 heteroatoms. The van der Waals surface area contributed by atoms with E-state index in [4.69, 9.17) is 21.2 Å². The van der Waals surface area contributed by atoms with Crippen molar-refractivity contribution in [2.75, 3.05) is 0 Å². The van der Waals surface area contributed by atoms with Gasteiger partial charge in [-0.1, -0.05) is 28.9 Å². The lowest BCUT2D eigenvalue weighted by Gasteiger charge is -1.94. The van der Waals surface area contributed by atoms with Gasteiger partial charge in [0, 0.05) is 16.7 Å². The zero-order valence-electron chi connectivity index (χ0n) is 8.18. The largest absolute Gasteiger partial charge is 0.481 e. The maximum Gasteiger partial charge on any atom is 0.311 e. The smallest absolute Gasteiger partial charge is 0.311 e. The average Bonchev–Trinajstić information content (AvgIpc) is 2.65. The number of carboxylic acid groups (broad SMARTS) is 1. The molecular weight excluding hydrogens is 230 g/mol. The second kappa shape index (κ2) is 4.37.